The molecular weight excluding hydrogens is 304 g/mol. The van der Waals surface area contributed by atoms with E-state index in [0.29, 0.717) is 12.1 Å². The van der Waals surface area contributed by atoms with Crippen molar-refractivity contribution in [2.45, 2.75) is 25.4 Å². The van der Waals surface area contributed by atoms with E-state index in [1.54, 1.807) is 6.20 Å². The number of hydrogen-bond donors (Lipinski definition) is 1. The number of aliphatic hydroxyl groups excluding tert-OH is 1. The third-order valence-corrected chi connectivity index (χ3v) is 5.61. The largest absolute Gasteiger partial charge is 0.392 e. The molecule has 24 heavy (non-hydrogen) atoms. The van der Waals surface area contributed by atoms with Crippen LogP contribution in [0.1, 0.15) is 29.6 Å². The zero-order chi connectivity index (χ0) is 16.7. The summed E-state index contributed by atoms with van der Waals surface area (Å²) in [5, 5.41) is 10.6. The van der Waals surface area contributed by atoms with E-state index in [4.69, 9.17) is 0 Å². The molecule has 1 spiro atoms. The Morgan fingerprint density at radius 1 is 1.33 bits per heavy atom. The van der Waals surface area contributed by atoms with Gasteiger partial charge in [-0.05, 0) is 38.4 Å². The van der Waals surface area contributed by atoms with Gasteiger partial charge in [-0.1, -0.05) is 0 Å². The van der Waals surface area contributed by atoms with Crippen LogP contribution in [-0.2, 0) is 0 Å². The molecule has 2 saturated heterocycles. The lowest BCUT2D eigenvalue weighted by Gasteiger charge is -2.50. The van der Waals surface area contributed by atoms with Gasteiger partial charge in [-0.3, -0.25) is 4.79 Å². The number of pyridine rings is 1. The fourth-order valence-corrected chi connectivity index (χ4v) is 4.33. The average Bonchev–Trinajstić information content (AvgIpc) is 3.05. The second kappa shape index (κ2) is 5.86. The molecule has 2 fully saturated rings. The molecule has 2 aliphatic heterocycles. The smallest absolute Gasteiger partial charge is 0.255 e. The van der Waals surface area contributed by atoms with E-state index in [1.165, 1.54) is 0 Å². The van der Waals surface area contributed by atoms with Gasteiger partial charge in [-0.25, -0.2) is 4.98 Å². The summed E-state index contributed by atoms with van der Waals surface area (Å²) < 4.78 is 1.87. The Morgan fingerprint density at radius 2 is 2.21 bits per heavy atom. The first-order chi connectivity index (χ1) is 11.6. The van der Waals surface area contributed by atoms with E-state index in [0.717, 1.165) is 44.5 Å². The predicted molar refractivity (Wildman–Crippen MR) is 90.9 cm³/mol. The highest BCUT2D eigenvalue weighted by Crippen LogP contribution is 2.38. The maximum absolute atomic E-state index is 13.0. The molecule has 0 unspecified atom stereocenters. The number of amides is 1. The van der Waals surface area contributed by atoms with Crippen LogP contribution < -0.4 is 0 Å². The molecular formula is C18H24N4O2. The fourth-order valence-electron chi connectivity index (χ4n) is 4.33. The number of carbonyl (C=O) groups excluding carboxylic acids is 1. The molecule has 2 aliphatic rings. The van der Waals surface area contributed by atoms with Crippen molar-refractivity contribution in [3.05, 3.63) is 36.3 Å². The number of aliphatic hydroxyl groups is 1. The van der Waals surface area contributed by atoms with E-state index < -0.39 is 0 Å². The van der Waals surface area contributed by atoms with E-state index in [-0.39, 0.29) is 17.4 Å². The van der Waals surface area contributed by atoms with Gasteiger partial charge in [0.1, 0.15) is 5.65 Å². The maximum Gasteiger partial charge on any atom is 0.255 e. The number of rotatable bonds is 1. The highest BCUT2D eigenvalue weighted by molar-refractivity contribution is 5.94. The number of carbonyl (C=O) groups is 1. The summed E-state index contributed by atoms with van der Waals surface area (Å²) in [5.74, 6) is 0.0464. The molecule has 0 aliphatic carbocycles. The maximum atomic E-state index is 13.0. The number of likely N-dealkylation sites (tertiary alicyclic amines) is 2. The molecule has 0 saturated carbocycles. The van der Waals surface area contributed by atoms with Crippen molar-refractivity contribution in [3.63, 3.8) is 0 Å². The number of piperidine rings is 2. The molecule has 4 heterocycles. The monoisotopic (exact) mass is 328 g/mol. The predicted octanol–water partition coefficient (Wildman–Crippen LogP) is 1.25. The number of imidazole rings is 1. The summed E-state index contributed by atoms with van der Waals surface area (Å²) in [5.41, 5.74) is 1.34. The molecule has 1 amide bonds. The van der Waals surface area contributed by atoms with E-state index >= 15 is 0 Å². The van der Waals surface area contributed by atoms with Crippen LogP contribution in [0.2, 0.25) is 0 Å². The van der Waals surface area contributed by atoms with Crippen molar-refractivity contribution >= 4 is 11.6 Å². The quantitative estimate of drug-likeness (QED) is 0.856. The van der Waals surface area contributed by atoms with Crippen LogP contribution in [-0.4, -0.2) is 69.5 Å². The Balaban J connectivity index is 1.57. The summed E-state index contributed by atoms with van der Waals surface area (Å²) in [7, 11) is 2.10. The van der Waals surface area contributed by atoms with Gasteiger partial charge in [0.25, 0.3) is 5.91 Å². The Hall–Kier alpha value is -1.92. The molecule has 2 aromatic rings. The summed E-state index contributed by atoms with van der Waals surface area (Å²) in [6, 6.07) is 3.71. The van der Waals surface area contributed by atoms with Crippen molar-refractivity contribution in [1.82, 2.24) is 19.2 Å². The number of fused-ring (bicyclic) bond motifs is 1. The van der Waals surface area contributed by atoms with Gasteiger partial charge in [0.05, 0.1) is 11.7 Å². The van der Waals surface area contributed by atoms with E-state index in [2.05, 4.69) is 16.9 Å². The SMILES string of the molecule is CN1CC[C@H](O)[C@@]2(CCCN(C(=O)c3ccc4nccn4c3)C2)C1. The lowest BCUT2D eigenvalue weighted by Crippen LogP contribution is -2.59. The Labute approximate surface area is 141 Å². The normalized spacial score (nSPS) is 28.6. The van der Waals surface area contributed by atoms with Gasteiger partial charge in [-0.2, -0.15) is 0 Å². The second-order valence-corrected chi connectivity index (χ2v) is 7.35. The third-order valence-electron chi connectivity index (χ3n) is 5.61. The van der Waals surface area contributed by atoms with Gasteiger partial charge in [0.2, 0.25) is 0 Å². The second-order valence-electron chi connectivity index (χ2n) is 7.35. The van der Waals surface area contributed by atoms with E-state index in [1.807, 2.05) is 33.8 Å². The minimum absolute atomic E-state index is 0.0464. The first-order valence-electron chi connectivity index (χ1n) is 8.66. The van der Waals surface area contributed by atoms with Crippen LogP contribution in [0.4, 0.5) is 0 Å². The van der Waals surface area contributed by atoms with E-state index in [9.17, 15) is 9.90 Å². The van der Waals surface area contributed by atoms with Gasteiger partial charge < -0.3 is 19.3 Å². The molecule has 128 valence electrons. The number of nitrogens with zero attached hydrogens (tertiary/aromatic N) is 4. The number of hydrogen-bond acceptors (Lipinski definition) is 4. The van der Waals surface area contributed by atoms with Gasteiger partial charge >= 0.3 is 0 Å². The highest BCUT2D eigenvalue weighted by atomic mass is 16.3. The van der Waals surface area contributed by atoms with Crippen LogP contribution in [0.25, 0.3) is 5.65 Å². The molecule has 6 nitrogen and oxygen atoms in total. The van der Waals surface area contributed by atoms with Crippen LogP contribution in [0.15, 0.2) is 30.7 Å². The van der Waals surface area contributed by atoms with Crippen LogP contribution in [0.3, 0.4) is 0 Å². The Kier molecular flexibility index (Phi) is 3.81. The molecule has 4 rings (SSSR count). The summed E-state index contributed by atoms with van der Waals surface area (Å²) in [4.78, 5) is 21.4. The lowest BCUT2D eigenvalue weighted by atomic mass is 9.71. The topological polar surface area (TPSA) is 61.1 Å². The van der Waals surface area contributed by atoms with Crippen molar-refractivity contribution in [1.29, 1.82) is 0 Å². The Morgan fingerprint density at radius 3 is 3.08 bits per heavy atom. The summed E-state index contributed by atoms with van der Waals surface area (Å²) in [6.07, 6.45) is 7.83. The van der Waals surface area contributed by atoms with Crippen molar-refractivity contribution < 1.29 is 9.90 Å². The molecule has 0 radical (unpaired) electrons. The summed E-state index contributed by atoms with van der Waals surface area (Å²) >= 11 is 0. The molecule has 0 bridgehead atoms. The standard InChI is InChI=1S/C18H24N4O2/c1-20-9-5-15(23)18(12-20)6-2-8-22(13-18)17(24)14-3-4-16-19-7-10-21(16)11-14/h3-4,7,10-11,15,23H,2,5-6,8-9,12-13H2,1H3/t15-,18-/m0/s1. The van der Waals surface area contributed by atoms with Gasteiger partial charge in [0, 0.05) is 50.2 Å². The molecule has 6 heteroatoms. The van der Waals surface area contributed by atoms with Crippen molar-refractivity contribution in [2.75, 3.05) is 33.2 Å². The van der Waals surface area contributed by atoms with Crippen LogP contribution >= 0.6 is 0 Å². The van der Waals surface area contributed by atoms with Gasteiger partial charge in [0.15, 0.2) is 0 Å². The first-order valence-corrected chi connectivity index (χ1v) is 8.66. The minimum Gasteiger partial charge on any atom is -0.392 e. The highest BCUT2D eigenvalue weighted by Gasteiger charge is 2.45. The summed E-state index contributed by atoms with van der Waals surface area (Å²) in [6.45, 7) is 3.19. The zero-order valence-corrected chi connectivity index (χ0v) is 14.1. The van der Waals surface area contributed by atoms with Crippen LogP contribution in [0.5, 0.6) is 0 Å². The number of aromatic nitrogens is 2. The molecule has 2 atom stereocenters. The fraction of sp³-hybridized carbons (Fsp3) is 0.556. The average molecular weight is 328 g/mol. The Bertz CT molecular complexity index is 758. The zero-order valence-electron chi connectivity index (χ0n) is 14.1. The van der Waals surface area contributed by atoms with Crippen LogP contribution in [0, 0.1) is 5.41 Å². The molecule has 0 aromatic carbocycles. The van der Waals surface area contributed by atoms with Gasteiger partial charge in [-0.15, -0.1) is 0 Å². The minimum atomic E-state index is -0.319. The third kappa shape index (κ3) is 2.59. The lowest BCUT2D eigenvalue weighted by molar-refractivity contribution is -0.0731. The van der Waals surface area contributed by atoms with Crippen molar-refractivity contribution in [2.24, 2.45) is 5.41 Å². The van der Waals surface area contributed by atoms with Crippen molar-refractivity contribution in [3.8, 4) is 0 Å². The molecule has 1 N–H and O–H groups in total. The first kappa shape index (κ1) is 15.6. The molecule has 2 aromatic heterocycles.